The Bertz CT molecular complexity index is 1640. The van der Waals surface area contributed by atoms with E-state index in [0.717, 1.165) is 4.47 Å². The van der Waals surface area contributed by atoms with E-state index in [2.05, 4.69) is 63.2 Å². The topological polar surface area (TPSA) is 94.8 Å². The molecule has 0 unspecified atom stereocenters. The number of halogens is 4. The third-order valence-electron chi connectivity index (χ3n) is 5.42. The van der Waals surface area contributed by atoms with Crippen LogP contribution in [0.5, 0.6) is 11.5 Å². The van der Waals surface area contributed by atoms with Crippen molar-refractivity contribution in [3.8, 4) is 11.5 Å². The summed E-state index contributed by atoms with van der Waals surface area (Å²) < 4.78 is 28.1. The average Bonchev–Trinajstić information content (AvgIpc) is 2.90. The number of benzene rings is 3. The van der Waals surface area contributed by atoms with E-state index < -0.39 is 11.7 Å². The Balaban J connectivity index is 1.64. The first-order chi connectivity index (χ1) is 18.7. The predicted molar refractivity (Wildman–Crippen MR) is 160 cm³/mol. The van der Waals surface area contributed by atoms with Gasteiger partial charge in [-0.1, -0.05) is 28.9 Å². The quantitative estimate of drug-likeness (QED) is 0.195. The molecule has 0 saturated carbocycles. The van der Waals surface area contributed by atoms with Gasteiger partial charge in [-0.3, -0.25) is 9.59 Å². The van der Waals surface area contributed by atoms with Crippen LogP contribution in [0.2, 0.25) is 0 Å². The molecule has 0 aliphatic rings. The summed E-state index contributed by atoms with van der Waals surface area (Å²) in [5, 5.41) is 7.47. The fourth-order valence-corrected chi connectivity index (χ4v) is 4.96. The molecule has 4 rings (SSSR count). The Kier molecular flexibility index (Phi) is 9.52. The fourth-order valence-electron chi connectivity index (χ4n) is 3.66. The van der Waals surface area contributed by atoms with E-state index in [1.54, 1.807) is 24.3 Å². The highest BCUT2D eigenvalue weighted by molar-refractivity contribution is 9.13. The summed E-state index contributed by atoms with van der Waals surface area (Å²) in [6.45, 7) is 3.70. The maximum Gasteiger partial charge on any atom is 0.282 e. The SMILES string of the molecule is CCOc1cc(C=Nn2c(CC)nc3ccc(Br)cc3c2=O)c(Br)c(Br)c1OCC(=O)Nc1cccc(F)c1. The highest BCUT2D eigenvalue weighted by Gasteiger charge is 2.19. The van der Waals surface area contributed by atoms with Gasteiger partial charge in [-0.15, -0.1) is 0 Å². The van der Waals surface area contributed by atoms with Crippen LogP contribution in [0.25, 0.3) is 10.9 Å². The van der Waals surface area contributed by atoms with Crippen LogP contribution in [0.4, 0.5) is 10.1 Å². The van der Waals surface area contributed by atoms with Crippen LogP contribution in [0.15, 0.2) is 71.8 Å². The largest absolute Gasteiger partial charge is 0.490 e. The Hall–Kier alpha value is -3.09. The fraction of sp³-hybridized carbons (Fsp3) is 0.185. The molecule has 1 amide bonds. The summed E-state index contributed by atoms with van der Waals surface area (Å²) >= 11 is 10.4. The lowest BCUT2D eigenvalue weighted by atomic mass is 10.2. The van der Waals surface area contributed by atoms with E-state index in [1.807, 2.05) is 19.9 Å². The van der Waals surface area contributed by atoms with E-state index in [4.69, 9.17) is 9.47 Å². The summed E-state index contributed by atoms with van der Waals surface area (Å²) in [7, 11) is 0. The minimum Gasteiger partial charge on any atom is -0.490 e. The van der Waals surface area contributed by atoms with Crippen molar-refractivity contribution in [2.24, 2.45) is 5.10 Å². The lowest BCUT2D eigenvalue weighted by molar-refractivity contribution is -0.118. The number of nitrogens with one attached hydrogen (secondary N) is 1. The first-order valence-corrected chi connectivity index (χ1v) is 14.2. The number of nitrogens with zero attached hydrogens (tertiary/aromatic N) is 3. The van der Waals surface area contributed by atoms with Gasteiger partial charge in [0.25, 0.3) is 11.5 Å². The highest BCUT2D eigenvalue weighted by atomic mass is 79.9. The number of rotatable bonds is 9. The Morgan fingerprint density at radius 1 is 1.10 bits per heavy atom. The summed E-state index contributed by atoms with van der Waals surface area (Å²) in [5.74, 6) is 0.223. The maximum atomic E-state index is 13.4. The zero-order valence-corrected chi connectivity index (χ0v) is 25.6. The van der Waals surface area contributed by atoms with Gasteiger partial charge in [0, 0.05) is 26.6 Å². The first-order valence-electron chi connectivity index (χ1n) is 11.8. The number of fused-ring (bicyclic) bond motifs is 1. The average molecular weight is 725 g/mol. The number of carbonyl (C=O) groups is 1. The van der Waals surface area contributed by atoms with Crippen molar-refractivity contribution in [2.75, 3.05) is 18.5 Å². The summed E-state index contributed by atoms with van der Waals surface area (Å²) in [6, 6.07) is 12.6. The zero-order chi connectivity index (χ0) is 28.1. The molecule has 0 aliphatic heterocycles. The van der Waals surface area contributed by atoms with E-state index in [9.17, 15) is 14.0 Å². The molecule has 0 atom stereocenters. The third-order valence-corrected chi connectivity index (χ3v) is 8.05. The second-order valence-electron chi connectivity index (χ2n) is 8.11. The second kappa shape index (κ2) is 12.8. The normalized spacial score (nSPS) is 11.2. The maximum absolute atomic E-state index is 13.4. The first kappa shape index (κ1) is 28.9. The molecule has 0 radical (unpaired) electrons. The molecule has 12 heteroatoms. The van der Waals surface area contributed by atoms with E-state index >= 15 is 0 Å². The molecule has 0 aliphatic carbocycles. The van der Waals surface area contributed by atoms with Crippen LogP contribution >= 0.6 is 47.8 Å². The van der Waals surface area contributed by atoms with E-state index in [1.165, 1.54) is 29.1 Å². The third kappa shape index (κ3) is 6.74. The number of carbonyl (C=O) groups excluding carboxylic acids is 1. The van der Waals surface area contributed by atoms with Crippen LogP contribution in [-0.2, 0) is 11.2 Å². The Labute approximate surface area is 248 Å². The molecule has 202 valence electrons. The molecule has 0 spiro atoms. The summed E-state index contributed by atoms with van der Waals surface area (Å²) in [5.41, 5.74) is 1.21. The molecule has 1 N–H and O–H groups in total. The Morgan fingerprint density at radius 3 is 2.62 bits per heavy atom. The molecule has 0 fully saturated rings. The van der Waals surface area contributed by atoms with Gasteiger partial charge >= 0.3 is 0 Å². The van der Waals surface area contributed by atoms with Gasteiger partial charge in [-0.2, -0.15) is 9.78 Å². The molecular weight excluding hydrogens is 703 g/mol. The monoisotopic (exact) mass is 722 g/mol. The van der Waals surface area contributed by atoms with Crippen molar-refractivity contribution in [1.82, 2.24) is 9.66 Å². The standard InChI is InChI=1S/C27H22Br3FN4O4/c1-3-22-34-20-9-8-16(28)11-19(20)27(37)35(22)32-13-15-10-21(38-4-2)26(25(30)24(15)29)39-14-23(36)33-18-7-5-6-17(31)12-18/h5-13H,3-4,14H2,1-2H3,(H,33,36). The minimum atomic E-state index is -0.473. The molecule has 4 aromatic rings. The van der Waals surface area contributed by atoms with Gasteiger partial charge in [0.1, 0.15) is 11.6 Å². The van der Waals surface area contributed by atoms with E-state index in [-0.39, 0.29) is 12.2 Å². The summed E-state index contributed by atoms with van der Waals surface area (Å²) in [4.78, 5) is 30.2. The Morgan fingerprint density at radius 2 is 1.90 bits per heavy atom. The van der Waals surface area contributed by atoms with Crippen molar-refractivity contribution >= 4 is 76.5 Å². The number of hydrogen-bond donors (Lipinski definition) is 1. The number of anilines is 1. The molecule has 8 nitrogen and oxygen atoms in total. The number of aryl methyl sites for hydroxylation is 1. The van der Waals surface area contributed by atoms with Gasteiger partial charge < -0.3 is 14.8 Å². The van der Waals surface area contributed by atoms with Crippen LogP contribution in [0, 0.1) is 5.82 Å². The van der Waals surface area contributed by atoms with Crippen molar-refractivity contribution in [3.63, 3.8) is 0 Å². The van der Waals surface area contributed by atoms with E-state index in [0.29, 0.717) is 61.5 Å². The summed E-state index contributed by atoms with van der Waals surface area (Å²) in [6.07, 6.45) is 2.02. The molecular formula is C27H22Br3FN4O4. The number of amides is 1. The number of ether oxygens (including phenoxy) is 2. The van der Waals surface area contributed by atoms with Crippen molar-refractivity contribution < 1.29 is 18.7 Å². The van der Waals surface area contributed by atoms with Gasteiger partial charge in [0.05, 0.1) is 28.2 Å². The second-order valence-corrected chi connectivity index (χ2v) is 10.6. The lowest BCUT2D eigenvalue weighted by Crippen LogP contribution is -2.22. The van der Waals surface area contributed by atoms with Gasteiger partial charge in [0.2, 0.25) is 0 Å². The molecule has 1 heterocycles. The predicted octanol–water partition coefficient (Wildman–Crippen LogP) is 6.68. The molecule has 39 heavy (non-hydrogen) atoms. The molecule has 1 aromatic heterocycles. The number of aromatic nitrogens is 2. The number of hydrogen-bond acceptors (Lipinski definition) is 6. The van der Waals surface area contributed by atoms with Crippen LogP contribution in [-0.4, -0.2) is 35.0 Å². The molecule has 0 bridgehead atoms. The van der Waals surface area contributed by atoms with Gasteiger partial charge in [0.15, 0.2) is 18.1 Å². The van der Waals surface area contributed by atoms with Crippen LogP contribution in [0.3, 0.4) is 0 Å². The smallest absolute Gasteiger partial charge is 0.282 e. The van der Waals surface area contributed by atoms with Gasteiger partial charge in [-0.05, 0) is 81.2 Å². The van der Waals surface area contributed by atoms with Crippen molar-refractivity contribution in [1.29, 1.82) is 0 Å². The zero-order valence-electron chi connectivity index (χ0n) is 20.8. The van der Waals surface area contributed by atoms with Crippen molar-refractivity contribution in [3.05, 3.63) is 89.5 Å². The lowest BCUT2D eigenvalue weighted by Gasteiger charge is -2.16. The van der Waals surface area contributed by atoms with Crippen LogP contribution in [0.1, 0.15) is 25.2 Å². The molecule has 3 aromatic carbocycles. The molecule has 0 saturated heterocycles. The van der Waals surface area contributed by atoms with Crippen LogP contribution < -0.4 is 20.3 Å². The van der Waals surface area contributed by atoms with Gasteiger partial charge in [-0.25, -0.2) is 9.37 Å². The van der Waals surface area contributed by atoms with Crippen molar-refractivity contribution in [2.45, 2.75) is 20.3 Å². The minimum absolute atomic E-state index is 0.291. The highest BCUT2D eigenvalue weighted by Crippen LogP contribution is 2.42.